The van der Waals surface area contributed by atoms with Gasteiger partial charge in [0.05, 0.1) is 46.6 Å². The van der Waals surface area contributed by atoms with Crippen molar-refractivity contribution in [2.24, 2.45) is 0 Å². The summed E-state index contributed by atoms with van der Waals surface area (Å²) in [5.74, 6) is 0. The smallest absolute Gasteiger partial charge is 0.309 e. The summed E-state index contributed by atoms with van der Waals surface area (Å²) in [5.41, 5.74) is 12.3. The zero-order chi connectivity index (χ0) is 39.0. The Morgan fingerprint density at radius 3 is 1.39 bits per heavy atom. The van der Waals surface area contributed by atoms with E-state index in [0.717, 1.165) is 100 Å². The SMILES string of the molecule is [C-]#[N+]c1ccc(-n2c3ccc(C)cc3c3cc(C)ccc32)c(-c2ccc(-c3ccc(C(F)(F)F)cc3[N+]#[C-])cc2-n2c3ccc(C)cc3c3cc(C)ccc32)c1. The third-order valence-corrected chi connectivity index (χ3v) is 10.8. The maximum absolute atomic E-state index is 13.8. The number of fused-ring (bicyclic) bond motifs is 6. The van der Waals surface area contributed by atoms with Crippen molar-refractivity contribution >= 4 is 55.0 Å². The minimum atomic E-state index is -4.58. The third kappa shape index (κ3) is 5.51. The highest BCUT2D eigenvalue weighted by Gasteiger charge is 2.31. The molecule has 270 valence electrons. The Balaban J connectivity index is 1.41. The van der Waals surface area contributed by atoms with Gasteiger partial charge in [-0.15, -0.1) is 0 Å². The number of halogens is 3. The number of aromatic nitrogens is 2. The lowest BCUT2D eigenvalue weighted by Crippen LogP contribution is -2.04. The standard InChI is InChI=1S/C49H33F3N4/c1-28-7-16-43-37(21-28)38-22-29(2)8-17-44(38)55(43)47-20-13-34(53-5)27-41(47)36-14-11-32(35-15-12-33(49(50,51)52)26-42(35)54-6)25-48(36)56-45-18-9-30(3)23-39(45)40-24-31(4)10-19-46(40)56/h7-27H,1-4H3. The predicted molar refractivity (Wildman–Crippen MR) is 222 cm³/mol. The Morgan fingerprint density at radius 1 is 0.446 bits per heavy atom. The molecule has 0 N–H and O–H groups in total. The molecule has 9 aromatic rings. The first-order valence-corrected chi connectivity index (χ1v) is 18.2. The van der Waals surface area contributed by atoms with E-state index >= 15 is 0 Å². The lowest BCUT2D eigenvalue weighted by Gasteiger charge is -2.20. The van der Waals surface area contributed by atoms with Crippen LogP contribution < -0.4 is 0 Å². The molecule has 0 fully saturated rings. The number of hydrogen-bond acceptors (Lipinski definition) is 0. The Morgan fingerprint density at radius 2 is 0.929 bits per heavy atom. The highest BCUT2D eigenvalue weighted by molar-refractivity contribution is 6.12. The van der Waals surface area contributed by atoms with Crippen molar-refractivity contribution in [2.45, 2.75) is 33.9 Å². The number of aryl methyl sites for hydroxylation is 4. The second-order valence-corrected chi connectivity index (χ2v) is 14.6. The second-order valence-electron chi connectivity index (χ2n) is 14.6. The van der Waals surface area contributed by atoms with E-state index in [-0.39, 0.29) is 5.69 Å². The van der Waals surface area contributed by atoms with Gasteiger partial charge in [0.25, 0.3) is 0 Å². The maximum Gasteiger partial charge on any atom is 0.415 e. The van der Waals surface area contributed by atoms with E-state index in [9.17, 15) is 13.2 Å². The average Bonchev–Trinajstić information content (AvgIpc) is 3.67. The van der Waals surface area contributed by atoms with Gasteiger partial charge in [0, 0.05) is 32.7 Å². The molecule has 9 rings (SSSR count). The van der Waals surface area contributed by atoms with E-state index in [1.165, 1.54) is 6.07 Å². The van der Waals surface area contributed by atoms with Crippen LogP contribution in [0.25, 0.3) is 86.9 Å². The molecule has 0 unspecified atom stereocenters. The van der Waals surface area contributed by atoms with Crippen molar-refractivity contribution in [3.05, 3.63) is 178 Å². The van der Waals surface area contributed by atoms with E-state index in [2.05, 4.69) is 119 Å². The minimum absolute atomic E-state index is 0.0847. The van der Waals surface area contributed by atoms with E-state index < -0.39 is 11.7 Å². The van der Waals surface area contributed by atoms with E-state index in [1.807, 2.05) is 36.4 Å². The van der Waals surface area contributed by atoms with Crippen molar-refractivity contribution in [1.82, 2.24) is 9.13 Å². The fourth-order valence-electron chi connectivity index (χ4n) is 8.18. The molecule has 0 spiro atoms. The molecule has 0 amide bonds. The van der Waals surface area contributed by atoms with Crippen LogP contribution in [0.2, 0.25) is 0 Å². The lowest BCUT2D eigenvalue weighted by atomic mass is 9.94. The molecule has 0 bridgehead atoms. The van der Waals surface area contributed by atoms with Gasteiger partial charge in [-0.2, -0.15) is 13.2 Å². The van der Waals surface area contributed by atoms with Crippen molar-refractivity contribution in [1.29, 1.82) is 0 Å². The fourth-order valence-corrected chi connectivity index (χ4v) is 8.18. The molecule has 0 saturated carbocycles. The number of hydrogen-bond donors (Lipinski definition) is 0. The van der Waals surface area contributed by atoms with E-state index in [4.69, 9.17) is 13.1 Å². The first-order chi connectivity index (χ1) is 26.9. The molecule has 0 aliphatic carbocycles. The molecule has 2 heterocycles. The Hall–Kier alpha value is -7.09. The number of rotatable bonds is 4. The Kier molecular flexibility index (Phi) is 7.90. The Bertz CT molecular complexity index is 3080. The molecule has 4 nitrogen and oxygen atoms in total. The highest BCUT2D eigenvalue weighted by Crippen LogP contribution is 2.45. The molecule has 2 aromatic heterocycles. The number of nitrogens with zero attached hydrogens (tertiary/aromatic N) is 4. The summed E-state index contributed by atoms with van der Waals surface area (Å²) >= 11 is 0. The van der Waals surface area contributed by atoms with Crippen LogP contribution in [-0.2, 0) is 6.18 Å². The third-order valence-electron chi connectivity index (χ3n) is 10.8. The van der Waals surface area contributed by atoms with Crippen molar-refractivity contribution in [3.8, 4) is 33.6 Å². The topological polar surface area (TPSA) is 18.6 Å². The van der Waals surface area contributed by atoms with Crippen LogP contribution >= 0.6 is 0 Å². The van der Waals surface area contributed by atoms with Gasteiger partial charge in [-0.1, -0.05) is 76.9 Å². The molecular weight excluding hydrogens is 702 g/mol. The van der Waals surface area contributed by atoms with Gasteiger partial charge in [-0.05, 0) is 117 Å². The van der Waals surface area contributed by atoms with Gasteiger partial charge in [0.2, 0.25) is 0 Å². The molecule has 0 aliphatic rings. The van der Waals surface area contributed by atoms with Crippen molar-refractivity contribution in [3.63, 3.8) is 0 Å². The van der Waals surface area contributed by atoms with Gasteiger partial charge in [-0.25, -0.2) is 9.69 Å². The molecule has 7 aromatic carbocycles. The monoisotopic (exact) mass is 734 g/mol. The molecule has 0 saturated heterocycles. The molecule has 0 atom stereocenters. The van der Waals surface area contributed by atoms with Gasteiger partial charge >= 0.3 is 6.18 Å². The van der Waals surface area contributed by atoms with E-state index in [0.29, 0.717) is 16.8 Å². The molecule has 56 heavy (non-hydrogen) atoms. The van der Waals surface area contributed by atoms with Gasteiger partial charge in [0.15, 0.2) is 11.4 Å². The minimum Gasteiger partial charge on any atom is -0.309 e. The zero-order valence-corrected chi connectivity index (χ0v) is 31.0. The van der Waals surface area contributed by atoms with Crippen LogP contribution in [0.1, 0.15) is 27.8 Å². The average molecular weight is 735 g/mol. The first kappa shape index (κ1) is 34.7. The van der Waals surface area contributed by atoms with Gasteiger partial charge in [0.1, 0.15) is 0 Å². The lowest BCUT2D eigenvalue weighted by molar-refractivity contribution is -0.137. The quantitative estimate of drug-likeness (QED) is 0.160. The molecule has 0 aliphatic heterocycles. The normalized spacial score (nSPS) is 11.8. The molecule has 7 heteroatoms. The molecular formula is C49H33F3N4. The van der Waals surface area contributed by atoms with Crippen molar-refractivity contribution in [2.75, 3.05) is 0 Å². The predicted octanol–water partition coefficient (Wildman–Crippen LogP) is 14.6. The summed E-state index contributed by atoms with van der Waals surface area (Å²) in [7, 11) is 0. The van der Waals surface area contributed by atoms with Crippen LogP contribution in [-0.4, -0.2) is 9.13 Å². The van der Waals surface area contributed by atoms with Crippen LogP contribution in [0.5, 0.6) is 0 Å². The summed E-state index contributed by atoms with van der Waals surface area (Å²) in [4.78, 5) is 7.42. The largest absolute Gasteiger partial charge is 0.415 e. The van der Waals surface area contributed by atoms with Crippen LogP contribution in [0.15, 0.2) is 127 Å². The maximum atomic E-state index is 13.8. The zero-order valence-electron chi connectivity index (χ0n) is 31.0. The summed E-state index contributed by atoms with van der Waals surface area (Å²) < 4.78 is 45.9. The van der Waals surface area contributed by atoms with E-state index in [1.54, 1.807) is 0 Å². The summed E-state index contributed by atoms with van der Waals surface area (Å²) in [5, 5.41) is 4.39. The van der Waals surface area contributed by atoms with Crippen LogP contribution in [0, 0.1) is 40.8 Å². The highest BCUT2D eigenvalue weighted by atomic mass is 19.4. The van der Waals surface area contributed by atoms with Gasteiger partial charge < -0.3 is 9.13 Å². The molecule has 0 radical (unpaired) electrons. The number of benzene rings is 7. The summed E-state index contributed by atoms with van der Waals surface area (Å²) in [6, 6.07) is 40.6. The summed E-state index contributed by atoms with van der Waals surface area (Å²) in [6.07, 6.45) is -4.58. The fraction of sp³-hybridized carbons (Fsp3) is 0.102. The first-order valence-electron chi connectivity index (χ1n) is 18.2. The van der Waals surface area contributed by atoms with Gasteiger partial charge in [-0.3, -0.25) is 0 Å². The number of alkyl halides is 3. The Labute approximate surface area is 321 Å². The second kappa shape index (κ2) is 12.8. The van der Waals surface area contributed by atoms with Crippen molar-refractivity contribution < 1.29 is 13.2 Å². The summed E-state index contributed by atoms with van der Waals surface area (Å²) in [6.45, 7) is 24.3. The van der Waals surface area contributed by atoms with Crippen LogP contribution in [0.4, 0.5) is 24.5 Å². The van der Waals surface area contributed by atoms with Crippen LogP contribution in [0.3, 0.4) is 0 Å².